The maximum absolute atomic E-state index is 13.2. The van der Waals surface area contributed by atoms with Crippen LogP contribution in [0, 0.1) is 34.0 Å². The number of carbonyl (C=O) groups is 1. The molecule has 9 atom stereocenters. The van der Waals surface area contributed by atoms with Crippen molar-refractivity contribution in [1.29, 1.82) is 0 Å². The van der Waals surface area contributed by atoms with Crippen molar-refractivity contribution in [1.82, 2.24) is 0 Å². The van der Waals surface area contributed by atoms with E-state index in [4.69, 9.17) is 0 Å². The monoisotopic (exact) mass is 366 g/mol. The van der Waals surface area contributed by atoms with Gasteiger partial charge in [0.25, 0.3) is 0 Å². The van der Waals surface area contributed by atoms with Crippen molar-refractivity contribution in [2.24, 2.45) is 34.0 Å². The fraction of sp³-hybridized carbons (Fsp3) is 0.850. The van der Waals surface area contributed by atoms with Crippen molar-refractivity contribution in [3.05, 3.63) is 12.2 Å². The summed E-state index contributed by atoms with van der Waals surface area (Å²) >= 11 is 0. The van der Waals surface area contributed by atoms with Crippen LogP contribution in [0.5, 0.6) is 0 Å². The molecule has 5 N–H and O–H groups in total. The molecule has 6 heteroatoms. The Kier molecular flexibility index (Phi) is 4.01. The summed E-state index contributed by atoms with van der Waals surface area (Å²) in [7, 11) is 0. The number of hydrogen-bond acceptors (Lipinski definition) is 6. The topological polar surface area (TPSA) is 118 Å². The first-order valence-corrected chi connectivity index (χ1v) is 9.70. The van der Waals surface area contributed by atoms with Gasteiger partial charge in [-0.1, -0.05) is 19.9 Å². The van der Waals surface area contributed by atoms with E-state index in [0.29, 0.717) is 6.42 Å². The van der Waals surface area contributed by atoms with Gasteiger partial charge >= 0.3 is 0 Å². The molecular formula is C20H30O6. The molecule has 0 aromatic heterocycles. The normalized spacial score (nSPS) is 56.2. The maximum atomic E-state index is 13.2. The van der Waals surface area contributed by atoms with E-state index >= 15 is 0 Å². The Bertz CT molecular complexity index is 648. The molecular weight excluding hydrogens is 336 g/mol. The Hall–Kier alpha value is -0.790. The highest BCUT2D eigenvalue weighted by atomic mass is 16.3. The van der Waals surface area contributed by atoms with Crippen molar-refractivity contribution in [3.63, 3.8) is 0 Å². The van der Waals surface area contributed by atoms with Crippen LogP contribution in [0.3, 0.4) is 0 Å². The van der Waals surface area contributed by atoms with E-state index in [-0.39, 0.29) is 43.3 Å². The zero-order valence-electron chi connectivity index (χ0n) is 15.3. The van der Waals surface area contributed by atoms with Gasteiger partial charge in [0, 0.05) is 24.5 Å². The fourth-order valence-corrected chi connectivity index (χ4v) is 7.44. The number of aliphatic hydroxyl groups is 5. The minimum atomic E-state index is -1.39. The summed E-state index contributed by atoms with van der Waals surface area (Å²) < 4.78 is 0. The second kappa shape index (κ2) is 5.61. The van der Waals surface area contributed by atoms with Gasteiger partial charge in [-0.25, -0.2) is 0 Å². The summed E-state index contributed by atoms with van der Waals surface area (Å²) in [6, 6.07) is 0. The van der Waals surface area contributed by atoms with E-state index in [2.05, 4.69) is 6.58 Å². The molecule has 1 spiro atoms. The lowest BCUT2D eigenvalue weighted by Gasteiger charge is -2.66. The van der Waals surface area contributed by atoms with Gasteiger partial charge in [0.1, 0.15) is 0 Å². The molecule has 4 aliphatic rings. The molecule has 26 heavy (non-hydrogen) atoms. The van der Waals surface area contributed by atoms with Gasteiger partial charge in [-0.05, 0) is 48.5 Å². The van der Waals surface area contributed by atoms with E-state index in [0.717, 1.165) is 12.8 Å². The predicted octanol–water partition coefficient (Wildman–Crippen LogP) is 0.0116. The zero-order valence-corrected chi connectivity index (χ0v) is 15.3. The Balaban J connectivity index is 1.92. The summed E-state index contributed by atoms with van der Waals surface area (Å²) in [6.45, 7) is 5.55. The molecule has 1 unspecified atom stereocenters. The third kappa shape index (κ3) is 1.82. The van der Waals surface area contributed by atoms with Crippen LogP contribution >= 0.6 is 0 Å². The Morgan fingerprint density at radius 1 is 1.08 bits per heavy atom. The standard InChI is InChI=1S/C20H30O6/c1-10-15-11(23)6-13-19(9-22)5-3-4-18(2,8-21)12(19)7-14(24)20(13,16(10)25)17(15)26/h11-15,17,21-24,26H,1,3-9H2,2H3/t11-,12+,13-,14+,15+,17?,18+,19-,20-/m0/s1. The Morgan fingerprint density at radius 3 is 2.38 bits per heavy atom. The number of fused-ring (bicyclic) bond motifs is 3. The van der Waals surface area contributed by atoms with Crippen molar-refractivity contribution < 1.29 is 30.3 Å². The SMILES string of the molecule is C=C1C(=O)[C@]23C(O)[C@H]1[C@@H](O)C[C@H]2[C@]1(CO)CCC[C@](C)(CO)[C@H]1C[C@H]3O. The van der Waals surface area contributed by atoms with E-state index < -0.39 is 46.4 Å². The highest BCUT2D eigenvalue weighted by Crippen LogP contribution is 2.70. The third-order valence-corrected chi connectivity index (χ3v) is 8.67. The van der Waals surface area contributed by atoms with Crippen molar-refractivity contribution >= 4 is 5.78 Å². The summed E-state index contributed by atoms with van der Waals surface area (Å²) in [5, 5.41) is 53.4. The van der Waals surface area contributed by atoms with Crippen molar-refractivity contribution in [2.45, 2.75) is 57.3 Å². The van der Waals surface area contributed by atoms with Crippen LogP contribution in [0.2, 0.25) is 0 Å². The number of ketones is 1. The molecule has 0 amide bonds. The van der Waals surface area contributed by atoms with Crippen LogP contribution in [0.25, 0.3) is 0 Å². The van der Waals surface area contributed by atoms with Gasteiger partial charge in [-0.3, -0.25) is 4.79 Å². The highest BCUT2D eigenvalue weighted by Gasteiger charge is 2.76. The highest BCUT2D eigenvalue weighted by molar-refractivity contribution is 6.04. The zero-order chi connectivity index (χ0) is 19.1. The quantitative estimate of drug-likeness (QED) is 0.440. The average molecular weight is 366 g/mol. The lowest BCUT2D eigenvalue weighted by Crippen LogP contribution is -2.70. The molecule has 2 bridgehead atoms. The molecule has 0 aromatic carbocycles. The molecule has 0 saturated heterocycles. The van der Waals surface area contributed by atoms with Crippen molar-refractivity contribution in [2.75, 3.05) is 13.2 Å². The first kappa shape index (κ1) is 18.6. The van der Waals surface area contributed by atoms with E-state index in [1.165, 1.54) is 0 Å². The summed E-state index contributed by atoms with van der Waals surface area (Å²) in [5.74, 6) is -1.81. The molecule has 6 nitrogen and oxygen atoms in total. The number of aliphatic hydroxyl groups excluding tert-OH is 5. The molecule has 0 aliphatic heterocycles. The van der Waals surface area contributed by atoms with Crippen LogP contribution in [-0.4, -0.2) is 62.8 Å². The maximum Gasteiger partial charge on any atom is 0.170 e. The first-order valence-electron chi connectivity index (χ1n) is 9.70. The van der Waals surface area contributed by atoms with Gasteiger partial charge in [0.15, 0.2) is 5.78 Å². The van der Waals surface area contributed by atoms with Crippen LogP contribution < -0.4 is 0 Å². The Labute approximate surface area is 153 Å². The summed E-state index contributed by atoms with van der Waals surface area (Å²) in [4.78, 5) is 13.2. The largest absolute Gasteiger partial charge is 0.396 e. The lowest BCUT2D eigenvalue weighted by atomic mass is 9.39. The second-order valence-electron chi connectivity index (χ2n) is 9.47. The summed E-state index contributed by atoms with van der Waals surface area (Å²) in [5.41, 5.74) is -2.37. The minimum absolute atomic E-state index is 0.0553. The fourth-order valence-electron chi connectivity index (χ4n) is 7.44. The average Bonchev–Trinajstić information content (AvgIpc) is 2.75. The van der Waals surface area contributed by atoms with Gasteiger partial charge in [0.05, 0.1) is 23.7 Å². The number of hydrogen-bond donors (Lipinski definition) is 5. The van der Waals surface area contributed by atoms with Gasteiger partial charge in [-0.2, -0.15) is 0 Å². The Morgan fingerprint density at radius 2 is 1.77 bits per heavy atom. The third-order valence-electron chi connectivity index (χ3n) is 8.67. The van der Waals surface area contributed by atoms with Crippen LogP contribution in [0.1, 0.15) is 39.0 Å². The molecule has 4 fully saturated rings. The van der Waals surface area contributed by atoms with E-state index in [9.17, 15) is 30.3 Å². The number of carbonyl (C=O) groups excluding carboxylic acids is 1. The molecule has 4 rings (SSSR count). The van der Waals surface area contributed by atoms with Crippen molar-refractivity contribution in [3.8, 4) is 0 Å². The predicted molar refractivity (Wildman–Crippen MR) is 92.9 cm³/mol. The molecule has 4 aliphatic carbocycles. The molecule has 0 heterocycles. The molecule has 0 aromatic rings. The smallest absolute Gasteiger partial charge is 0.170 e. The number of rotatable bonds is 2. The number of Topliss-reactive ketones (excluding diaryl/α,β-unsaturated/α-hetero) is 1. The summed E-state index contributed by atoms with van der Waals surface area (Å²) in [6.07, 6.45) is -0.421. The van der Waals surface area contributed by atoms with Crippen LogP contribution in [0.4, 0.5) is 0 Å². The molecule has 4 saturated carbocycles. The molecule has 0 radical (unpaired) electrons. The second-order valence-corrected chi connectivity index (χ2v) is 9.47. The van der Waals surface area contributed by atoms with Crippen LogP contribution in [-0.2, 0) is 4.79 Å². The first-order chi connectivity index (χ1) is 12.2. The minimum Gasteiger partial charge on any atom is -0.396 e. The van der Waals surface area contributed by atoms with E-state index in [1.54, 1.807) is 0 Å². The lowest BCUT2D eigenvalue weighted by molar-refractivity contribution is -0.255. The molecule has 146 valence electrons. The van der Waals surface area contributed by atoms with Gasteiger partial charge < -0.3 is 25.5 Å². The van der Waals surface area contributed by atoms with E-state index in [1.807, 2.05) is 6.92 Å². The van der Waals surface area contributed by atoms with Gasteiger partial charge in [0.2, 0.25) is 0 Å². The van der Waals surface area contributed by atoms with Crippen LogP contribution in [0.15, 0.2) is 12.2 Å². The van der Waals surface area contributed by atoms with Gasteiger partial charge in [-0.15, -0.1) is 0 Å².